The van der Waals surface area contributed by atoms with E-state index in [9.17, 15) is 36.6 Å². The van der Waals surface area contributed by atoms with Crippen LogP contribution in [0.3, 0.4) is 0 Å². The first kappa shape index (κ1) is 33.4. The van der Waals surface area contributed by atoms with E-state index in [1.54, 1.807) is 72.8 Å². The number of aliphatic carboxylic acids is 2. The van der Waals surface area contributed by atoms with Crippen LogP contribution in [0.4, 0.5) is 11.4 Å². The molecule has 6 aromatic carbocycles. The summed E-state index contributed by atoms with van der Waals surface area (Å²) in [6, 6.07) is 28.3. The van der Waals surface area contributed by atoms with Crippen molar-refractivity contribution in [1.82, 2.24) is 0 Å². The van der Waals surface area contributed by atoms with Crippen LogP contribution in [0.5, 0.6) is 0 Å². The number of sulfonamides is 2. The third-order valence-corrected chi connectivity index (χ3v) is 12.8. The molecule has 6 rings (SSSR count). The Hall–Kier alpha value is -4.50. The van der Waals surface area contributed by atoms with Crippen molar-refractivity contribution in [1.29, 1.82) is 0 Å². The van der Waals surface area contributed by atoms with Crippen molar-refractivity contribution in [3.8, 4) is 0 Å². The molecule has 0 saturated carbocycles. The largest absolute Gasteiger partial charge is 0.480 e. The SMILES string of the molecule is O=C(O)CN(c1ccc(N(CC(=O)O)S(=O)(=O)c2ccc(Br)c3ccccc23)c2ccccc12)S(=O)(=O)c1ccc(Br)c2ccccc12. The Kier molecular flexibility index (Phi) is 8.94. The number of rotatable bonds is 10. The average molecular weight is 813 g/mol. The van der Waals surface area contributed by atoms with Crippen LogP contribution in [0.2, 0.25) is 0 Å². The van der Waals surface area contributed by atoms with E-state index in [0.29, 0.717) is 30.5 Å². The number of carboxylic acids is 2. The highest BCUT2D eigenvalue weighted by Gasteiger charge is 2.34. The number of hydrogen-bond acceptors (Lipinski definition) is 6. The molecule has 0 radical (unpaired) electrons. The monoisotopic (exact) mass is 810 g/mol. The number of anilines is 2. The Morgan fingerprint density at radius 2 is 0.792 bits per heavy atom. The molecule has 2 N–H and O–H groups in total. The predicted octanol–water partition coefficient (Wildman–Crippen LogP) is 7.23. The van der Waals surface area contributed by atoms with Gasteiger partial charge in [-0.15, -0.1) is 0 Å². The number of hydrogen-bond donors (Lipinski definition) is 2. The van der Waals surface area contributed by atoms with Gasteiger partial charge in [0.2, 0.25) is 0 Å². The first-order valence-corrected chi connectivity index (χ1v) is 18.6. The molecule has 0 atom stereocenters. The van der Waals surface area contributed by atoms with Crippen LogP contribution < -0.4 is 8.61 Å². The second kappa shape index (κ2) is 12.8. The Balaban J connectivity index is 1.58. The Morgan fingerprint density at radius 3 is 1.12 bits per heavy atom. The lowest BCUT2D eigenvalue weighted by Gasteiger charge is -2.28. The molecule has 0 fully saturated rings. The van der Waals surface area contributed by atoms with Crippen molar-refractivity contribution in [2.24, 2.45) is 0 Å². The molecule has 0 aromatic heterocycles. The van der Waals surface area contributed by atoms with Crippen LogP contribution in [0.25, 0.3) is 32.3 Å². The zero-order valence-corrected chi connectivity index (χ0v) is 29.4. The molecule has 0 unspecified atom stereocenters. The lowest BCUT2D eigenvalue weighted by atomic mass is 10.1. The van der Waals surface area contributed by atoms with Crippen LogP contribution in [0, 0.1) is 0 Å². The molecule has 0 aliphatic rings. The molecule has 0 amide bonds. The van der Waals surface area contributed by atoms with E-state index < -0.39 is 45.1 Å². The molecule has 0 spiro atoms. The molecular weight excluding hydrogens is 788 g/mol. The normalized spacial score (nSPS) is 12.0. The van der Waals surface area contributed by atoms with Gasteiger partial charge in [-0.2, -0.15) is 0 Å². The van der Waals surface area contributed by atoms with Gasteiger partial charge < -0.3 is 10.2 Å². The van der Waals surface area contributed by atoms with Gasteiger partial charge in [0.05, 0.1) is 21.2 Å². The fraction of sp³-hybridized carbons (Fsp3) is 0.0588. The summed E-state index contributed by atoms with van der Waals surface area (Å²) in [7, 11) is -9.07. The summed E-state index contributed by atoms with van der Waals surface area (Å²) in [5.74, 6) is -2.85. The number of benzene rings is 6. The van der Waals surface area contributed by atoms with Crippen molar-refractivity contribution < 1.29 is 36.6 Å². The van der Waals surface area contributed by atoms with Gasteiger partial charge in [0, 0.05) is 30.5 Å². The van der Waals surface area contributed by atoms with E-state index in [1.807, 2.05) is 0 Å². The summed E-state index contributed by atoms with van der Waals surface area (Å²) < 4.78 is 60.2. The van der Waals surface area contributed by atoms with Gasteiger partial charge in [-0.3, -0.25) is 18.2 Å². The summed E-state index contributed by atoms with van der Waals surface area (Å²) in [5, 5.41) is 22.1. The summed E-state index contributed by atoms with van der Waals surface area (Å²) >= 11 is 6.88. The highest BCUT2D eigenvalue weighted by molar-refractivity contribution is 9.11. The summed E-state index contributed by atoms with van der Waals surface area (Å²) in [6.45, 7) is -1.89. The van der Waals surface area contributed by atoms with E-state index in [0.717, 1.165) is 8.61 Å². The minimum atomic E-state index is -4.53. The van der Waals surface area contributed by atoms with Gasteiger partial charge in [-0.05, 0) is 47.2 Å². The Bertz CT molecular complexity index is 2330. The van der Waals surface area contributed by atoms with E-state index in [4.69, 9.17) is 0 Å². The minimum absolute atomic E-state index is 0.0366. The Labute approximate surface area is 292 Å². The van der Waals surface area contributed by atoms with E-state index in [1.165, 1.54) is 36.4 Å². The quantitative estimate of drug-likeness (QED) is 0.147. The van der Waals surface area contributed by atoms with Gasteiger partial charge in [0.1, 0.15) is 13.1 Å². The molecule has 6 aromatic rings. The first-order valence-electron chi connectivity index (χ1n) is 14.2. The molecule has 244 valence electrons. The van der Waals surface area contributed by atoms with Crippen molar-refractivity contribution in [2.45, 2.75) is 9.79 Å². The van der Waals surface area contributed by atoms with Gasteiger partial charge in [0.15, 0.2) is 0 Å². The second-order valence-corrected chi connectivity index (χ2v) is 16.0. The molecule has 14 heteroatoms. The first-order chi connectivity index (χ1) is 22.8. The van der Waals surface area contributed by atoms with Gasteiger partial charge >= 0.3 is 11.9 Å². The van der Waals surface area contributed by atoms with Crippen molar-refractivity contribution in [2.75, 3.05) is 21.7 Å². The van der Waals surface area contributed by atoms with Crippen LogP contribution >= 0.6 is 31.9 Å². The maximum atomic E-state index is 14.4. The zero-order valence-electron chi connectivity index (χ0n) is 24.6. The molecule has 0 aliphatic heterocycles. The predicted molar refractivity (Wildman–Crippen MR) is 192 cm³/mol. The van der Waals surface area contributed by atoms with Crippen molar-refractivity contribution >= 4 is 108 Å². The van der Waals surface area contributed by atoms with Crippen molar-refractivity contribution in [3.05, 3.63) is 118 Å². The highest BCUT2D eigenvalue weighted by Crippen LogP contribution is 2.41. The fourth-order valence-electron chi connectivity index (χ4n) is 5.70. The van der Waals surface area contributed by atoms with Gasteiger partial charge in [-0.25, -0.2) is 16.8 Å². The number of carbonyl (C=O) groups is 2. The summed E-state index contributed by atoms with van der Waals surface area (Å²) in [4.78, 5) is 24.1. The van der Waals surface area contributed by atoms with Crippen molar-refractivity contribution in [3.63, 3.8) is 0 Å². The molecule has 0 heterocycles. The minimum Gasteiger partial charge on any atom is -0.480 e. The van der Waals surface area contributed by atoms with E-state index in [2.05, 4.69) is 31.9 Å². The lowest BCUT2D eigenvalue weighted by Crippen LogP contribution is -2.37. The maximum absolute atomic E-state index is 14.4. The molecule has 48 heavy (non-hydrogen) atoms. The van der Waals surface area contributed by atoms with Crippen LogP contribution in [0.15, 0.2) is 128 Å². The molecule has 0 bridgehead atoms. The summed E-state index contributed by atoms with van der Waals surface area (Å²) in [5.41, 5.74) is -0.0731. The number of fused-ring (bicyclic) bond motifs is 3. The average Bonchev–Trinajstić information content (AvgIpc) is 3.06. The van der Waals surface area contributed by atoms with Crippen LogP contribution in [-0.4, -0.2) is 52.1 Å². The molecular formula is C34H24Br2N2O8S2. The number of halogens is 2. The topological polar surface area (TPSA) is 149 Å². The number of nitrogens with zero attached hydrogens (tertiary/aromatic N) is 2. The Morgan fingerprint density at radius 1 is 0.479 bits per heavy atom. The third-order valence-electron chi connectivity index (χ3n) is 7.77. The van der Waals surface area contributed by atoms with E-state index in [-0.39, 0.29) is 31.9 Å². The lowest BCUT2D eigenvalue weighted by molar-refractivity contribution is -0.136. The third kappa shape index (κ3) is 5.89. The number of carboxylic acid groups (broad SMARTS) is 2. The second-order valence-electron chi connectivity index (χ2n) is 10.6. The van der Waals surface area contributed by atoms with Crippen LogP contribution in [-0.2, 0) is 29.6 Å². The summed E-state index contributed by atoms with van der Waals surface area (Å²) in [6.07, 6.45) is 0. The maximum Gasteiger partial charge on any atom is 0.324 e. The molecule has 0 aliphatic carbocycles. The van der Waals surface area contributed by atoms with Crippen LogP contribution in [0.1, 0.15) is 0 Å². The standard InChI is InChI=1S/C34H24Br2N2O8S2/c35-27-13-17-31(25-11-5-1-7-21(25)27)47(43,44)37(19-33(39)40)29-15-16-30(24-10-4-3-9-23(24)29)38(20-34(41)42)48(45,46)32-18-14-28(36)22-8-2-6-12-26(22)32/h1-18H,19-20H2,(H,39,40)(H,41,42). The van der Waals surface area contributed by atoms with Gasteiger partial charge in [-0.1, -0.05) is 105 Å². The molecule has 0 saturated heterocycles. The molecule has 10 nitrogen and oxygen atoms in total. The highest BCUT2D eigenvalue weighted by atomic mass is 79.9. The van der Waals surface area contributed by atoms with Gasteiger partial charge in [0.25, 0.3) is 20.0 Å². The smallest absolute Gasteiger partial charge is 0.324 e. The zero-order chi connectivity index (χ0) is 34.4. The van der Waals surface area contributed by atoms with E-state index >= 15 is 0 Å². The fourth-order valence-corrected chi connectivity index (χ4v) is 9.92.